The summed E-state index contributed by atoms with van der Waals surface area (Å²) < 4.78 is 11.7. The number of hydrogen-bond acceptors (Lipinski definition) is 2. The van der Waals surface area contributed by atoms with E-state index in [1.54, 1.807) is 0 Å². The Kier molecular flexibility index (Phi) is 3.04. The van der Waals surface area contributed by atoms with Gasteiger partial charge in [0.2, 0.25) is 0 Å². The van der Waals surface area contributed by atoms with Gasteiger partial charge < -0.3 is 9.47 Å². The van der Waals surface area contributed by atoms with E-state index in [4.69, 9.17) is 9.47 Å². The summed E-state index contributed by atoms with van der Waals surface area (Å²) in [6.45, 7) is 9.28. The average Bonchev–Trinajstić information content (AvgIpc) is 2.24. The summed E-state index contributed by atoms with van der Waals surface area (Å²) in [5.41, 5.74) is 2.46. The molecular formula is C14H20O2. The predicted octanol–water partition coefficient (Wildman–Crippen LogP) is 3.46. The fourth-order valence-electron chi connectivity index (χ4n) is 1.72. The number of aryl methyl sites for hydroxylation is 1. The molecule has 16 heavy (non-hydrogen) atoms. The van der Waals surface area contributed by atoms with Gasteiger partial charge in [0.05, 0.1) is 12.7 Å². The van der Waals surface area contributed by atoms with Crippen LogP contribution >= 0.6 is 0 Å². The monoisotopic (exact) mass is 220 g/mol. The quantitative estimate of drug-likeness (QED) is 0.721. The van der Waals surface area contributed by atoms with Gasteiger partial charge >= 0.3 is 0 Å². The fourth-order valence-corrected chi connectivity index (χ4v) is 1.72. The highest BCUT2D eigenvalue weighted by Gasteiger charge is 2.35. The van der Waals surface area contributed by atoms with E-state index < -0.39 is 0 Å². The van der Waals surface area contributed by atoms with Crippen molar-refractivity contribution in [3.63, 3.8) is 0 Å². The van der Waals surface area contributed by atoms with Gasteiger partial charge in [0.25, 0.3) is 0 Å². The van der Waals surface area contributed by atoms with Gasteiger partial charge in [-0.15, -0.1) is 0 Å². The second-order valence-electron chi connectivity index (χ2n) is 5.32. The molecule has 2 nitrogen and oxygen atoms in total. The molecule has 0 N–H and O–H groups in total. The molecule has 1 heterocycles. The third-order valence-electron chi connectivity index (χ3n) is 3.38. The normalized spacial score (nSPS) is 29.0. The largest absolute Gasteiger partial charge is 0.348 e. The van der Waals surface area contributed by atoms with Crippen molar-refractivity contribution >= 4 is 0 Å². The Hall–Kier alpha value is -0.860. The van der Waals surface area contributed by atoms with E-state index >= 15 is 0 Å². The molecule has 0 unspecified atom stereocenters. The van der Waals surface area contributed by atoms with Crippen LogP contribution in [-0.4, -0.2) is 12.7 Å². The van der Waals surface area contributed by atoms with Crippen molar-refractivity contribution in [3.05, 3.63) is 35.4 Å². The average molecular weight is 220 g/mol. The second kappa shape index (κ2) is 4.19. The summed E-state index contributed by atoms with van der Waals surface area (Å²) in [6, 6.07) is 8.33. The standard InChI is InChI=1S/C14H20O2/c1-10-5-7-12(8-6-10)13-15-9-14(3,4)11(2)16-13/h5-8,11,13H,9H2,1-4H3/t11-,13-/m1/s1. The van der Waals surface area contributed by atoms with E-state index in [0.29, 0.717) is 0 Å². The lowest BCUT2D eigenvalue weighted by molar-refractivity contribution is -0.259. The maximum absolute atomic E-state index is 5.91. The van der Waals surface area contributed by atoms with Crippen molar-refractivity contribution in [2.45, 2.75) is 40.1 Å². The molecule has 0 saturated carbocycles. The first-order valence-electron chi connectivity index (χ1n) is 5.83. The Bertz CT molecular complexity index is 354. The minimum absolute atomic E-state index is 0.0984. The van der Waals surface area contributed by atoms with Gasteiger partial charge in [-0.05, 0) is 13.8 Å². The molecule has 0 aromatic heterocycles. The highest BCUT2D eigenvalue weighted by atomic mass is 16.7. The maximum atomic E-state index is 5.91. The first-order valence-corrected chi connectivity index (χ1v) is 5.83. The van der Waals surface area contributed by atoms with Crippen molar-refractivity contribution in [2.75, 3.05) is 6.61 Å². The molecule has 0 bridgehead atoms. The molecule has 2 rings (SSSR count). The summed E-state index contributed by atoms with van der Waals surface area (Å²) in [7, 11) is 0. The van der Waals surface area contributed by atoms with Gasteiger partial charge in [0, 0.05) is 11.0 Å². The topological polar surface area (TPSA) is 18.5 Å². The lowest BCUT2D eigenvalue weighted by Crippen LogP contribution is -2.40. The summed E-state index contributed by atoms with van der Waals surface area (Å²) in [5, 5.41) is 0. The molecule has 0 spiro atoms. The van der Waals surface area contributed by atoms with Crippen LogP contribution in [0.25, 0.3) is 0 Å². The minimum Gasteiger partial charge on any atom is -0.348 e. The Morgan fingerprint density at radius 1 is 1.19 bits per heavy atom. The van der Waals surface area contributed by atoms with Gasteiger partial charge in [0.1, 0.15) is 0 Å². The number of hydrogen-bond donors (Lipinski definition) is 0. The Labute approximate surface area is 97.6 Å². The molecule has 1 aliphatic rings. The molecular weight excluding hydrogens is 200 g/mol. The molecule has 1 aromatic rings. The van der Waals surface area contributed by atoms with Crippen molar-refractivity contribution in [3.8, 4) is 0 Å². The second-order valence-corrected chi connectivity index (χ2v) is 5.32. The first-order chi connectivity index (χ1) is 7.49. The van der Waals surface area contributed by atoms with Crippen LogP contribution in [0.15, 0.2) is 24.3 Å². The molecule has 1 aromatic carbocycles. The van der Waals surface area contributed by atoms with Crippen LogP contribution in [-0.2, 0) is 9.47 Å². The smallest absolute Gasteiger partial charge is 0.184 e. The van der Waals surface area contributed by atoms with E-state index in [1.165, 1.54) is 5.56 Å². The SMILES string of the molecule is Cc1ccc([C@@H]2OCC(C)(C)[C@@H](C)O2)cc1. The van der Waals surface area contributed by atoms with Gasteiger partial charge in [-0.1, -0.05) is 43.7 Å². The fraction of sp³-hybridized carbons (Fsp3) is 0.571. The Morgan fingerprint density at radius 2 is 1.81 bits per heavy atom. The lowest BCUT2D eigenvalue weighted by Gasteiger charge is -2.40. The zero-order valence-electron chi connectivity index (χ0n) is 10.5. The summed E-state index contributed by atoms with van der Waals surface area (Å²) in [5.74, 6) is 0. The van der Waals surface area contributed by atoms with Crippen LogP contribution in [0.1, 0.15) is 38.2 Å². The molecule has 1 aliphatic heterocycles. The van der Waals surface area contributed by atoms with E-state index in [1.807, 2.05) is 0 Å². The van der Waals surface area contributed by atoms with Gasteiger partial charge in [0.15, 0.2) is 6.29 Å². The molecule has 2 atom stereocenters. The summed E-state index contributed by atoms with van der Waals surface area (Å²) in [6.07, 6.45) is 0.0104. The predicted molar refractivity (Wildman–Crippen MR) is 64.2 cm³/mol. The maximum Gasteiger partial charge on any atom is 0.184 e. The van der Waals surface area contributed by atoms with Crippen molar-refractivity contribution in [1.82, 2.24) is 0 Å². The van der Waals surface area contributed by atoms with Crippen LogP contribution < -0.4 is 0 Å². The molecule has 88 valence electrons. The third-order valence-corrected chi connectivity index (χ3v) is 3.38. The highest BCUT2D eigenvalue weighted by Crippen LogP contribution is 2.35. The third kappa shape index (κ3) is 2.28. The zero-order valence-corrected chi connectivity index (χ0v) is 10.5. The lowest BCUT2D eigenvalue weighted by atomic mass is 9.87. The van der Waals surface area contributed by atoms with Crippen molar-refractivity contribution < 1.29 is 9.47 Å². The van der Waals surface area contributed by atoms with E-state index in [9.17, 15) is 0 Å². The number of benzene rings is 1. The number of rotatable bonds is 1. The highest BCUT2D eigenvalue weighted by molar-refractivity contribution is 5.22. The van der Waals surface area contributed by atoms with Crippen LogP contribution in [0.4, 0.5) is 0 Å². The minimum atomic E-state index is -0.205. The number of ether oxygens (including phenoxy) is 2. The van der Waals surface area contributed by atoms with E-state index in [-0.39, 0.29) is 17.8 Å². The first kappa shape index (κ1) is 11.6. The van der Waals surface area contributed by atoms with E-state index in [2.05, 4.69) is 52.0 Å². The Morgan fingerprint density at radius 3 is 2.38 bits per heavy atom. The molecule has 0 aliphatic carbocycles. The molecule has 1 saturated heterocycles. The van der Waals surface area contributed by atoms with Crippen molar-refractivity contribution in [2.24, 2.45) is 5.41 Å². The van der Waals surface area contributed by atoms with Crippen LogP contribution in [0.2, 0.25) is 0 Å². The van der Waals surface area contributed by atoms with E-state index in [0.717, 1.165) is 12.2 Å². The molecule has 0 amide bonds. The molecule has 0 radical (unpaired) electrons. The van der Waals surface area contributed by atoms with Crippen LogP contribution in [0.5, 0.6) is 0 Å². The summed E-state index contributed by atoms with van der Waals surface area (Å²) in [4.78, 5) is 0. The van der Waals surface area contributed by atoms with Gasteiger partial charge in [-0.2, -0.15) is 0 Å². The molecule has 2 heteroatoms. The van der Waals surface area contributed by atoms with Gasteiger partial charge in [-0.3, -0.25) is 0 Å². The zero-order chi connectivity index (χ0) is 11.8. The van der Waals surface area contributed by atoms with Crippen molar-refractivity contribution in [1.29, 1.82) is 0 Å². The van der Waals surface area contributed by atoms with Gasteiger partial charge in [-0.25, -0.2) is 0 Å². The van der Waals surface area contributed by atoms with Crippen LogP contribution in [0, 0.1) is 12.3 Å². The molecule has 1 fully saturated rings. The van der Waals surface area contributed by atoms with Crippen LogP contribution in [0.3, 0.4) is 0 Å². The Balaban J connectivity index is 2.10. The summed E-state index contributed by atoms with van der Waals surface area (Å²) >= 11 is 0.